The topological polar surface area (TPSA) is 47.3 Å². The van der Waals surface area contributed by atoms with Crippen LogP contribution in [0, 0.1) is 0 Å². The molecule has 5 heteroatoms. The van der Waals surface area contributed by atoms with E-state index in [0.717, 1.165) is 25.0 Å². The minimum Gasteiger partial charge on any atom is -0.381 e. The molecule has 1 rings (SSSR count). The number of halogens is 2. The van der Waals surface area contributed by atoms with Crippen LogP contribution in [0.5, 0.6) is 0 Å². The Balaban J connectivity index is 2.56. The van der Waals surface area contributed by atoms with Crippen molar-refractivity contribution >= 4 is 23.2 Å². The molecule has 0 spiro atoms. The van der Waals surface area contributed by atoms with Gasteiger partial charge < -0.3 is 4.74 Å². The first kappa shape index (κ1) is 14.7. The van der Waals surface area contributed by atoms with Gasteiger partial charge in [-0.05, 0) is 30.5 Å². The van der Waals surface area contributed by atoms with Crippen LogP contribution in [-0.2, 0) is 4.74 Å². The third kappa shape index (κ3) is 4.82. The van der Waals surface area contributed by atoms with Gasteiger partial charge in [0, 0.05) is 19.3 Å². The van der Waals surface area contributed by atoms with E-state index in [1.165, 1.54) is 0 Å². The molecule has 0 aromatic heterocycles. The maximum Gasteiger partial charge on any atom is 0.0595 e. The minimum atomic E-state index is 0.0293. The number of benzene rings is 1. The third-order valence-corrected chi connectivity index (χ3v) is 3.19. The van der Waals surface area contributed by atoms with E-state index in [2.05, 4.69) is 12.3 Å². The third-order valence-electron chi connectivity index (χ3n) is 2.45. The van der Waals surface area contributed by atoms with Gasteiger partial charge in [-0.15, -0.1) is 0 Å². The zero-order valence-corrected chi connectivity index (χ0v) is 11.4. The Bertz CT molecular complexity index is 347. The van der Waals surface area contributed by atoms with E-state index in [4.69, 9.17) is 33.8 Å². The van der Waals surface area contributed by atoms with Crippen molar-refractivity contribution in [2.24, 2.45) is 5.84 Å². The van der Waals surface area contributed by atoms with Crippen molar-refractivity contribution < 1.29 is 4.74 Å². The Morgan fingerprint density at radius 1 is 1.29 bits per heavy atom. The fourth-order valence-electron chi connectivity index (χ4n) is 1.52. The van der Waals surface area contributed by atoms with Gasteiger partial charge >= 0.3 is 0 Å². The van der Waals surface area contributed by atoms with Gasteiger partial charge in [0.25, 0.3) is 0 Å². The molecule has 1 atom stereocenters. The molecule has 0 saturated carbocycles. The van der Waals surface area contributed by atoms with Crippen LogP contribution in [0.25, 0.3) is 0 Å². The summed E-state index contributed by atoms with van der Waals surface area (Å²) >= 11 is 11.8. The fraction of sp³-hybridized carbons (Fsp3) is 0.500. The van der Waals surface area contributed by atoms with Gasteiger partial charge in [0.2, 0.25) is 0 Å². The Hall–Kier alpha value is -0.320. The number of rotatable bonds is 7. The largest absolute Gasteiger partial charge is 0.381 e. The van der Waals surface area contributed by atoms with Gasteiger partial charge in [-0.3, -0.25) is 11.3 Å². The highest BCUT2D eigenvalue weighted by Crippen LogP contribution is 2.26. The van der Waals surface area contributed by atoms with Crippen molar-refractivity contribution in [1.29, 1.82) is 0 Å². The molecule has 17 heavy (non-hydrogen) atoms. The highest BCUT2D eigenvalue weighted by molar-refractivity contribution is 6.42. The number of hydrazine groups is 1. The second-order valence-corrected chi connectivity index (χ2v) is 4.61. The lowest BCUT2D eigenvalue weighted by Gasteiger charge is -2.16. The summed E-state index contributed by atoms with van der Waals surface area (Å²) < 4.78 is 5.44. The summed E-state index contributed by atoms with van der Waals surface area (Å²) in [5, 5.41) is 1.09. The van der Waals surface area contributed by atoms with E-state index in [1.54, 1.807) is 6.07 Å². The Morgan fingerprint density at radius 3 is 2.65 bits per heavy atom. The molecule has 0 aliphatic carbocycles. The molecule has 0 fully saturated rings. The first-order valence-corrected chi connectivity index (χ1v) is 6.43. The maximum absolute atomic E-state index is 5.97. The molecule has 0 aliphatic heterocycles. The summed E-state index contributed by atoms with van der Waals surface area (Å²) in [6, 6.07) is 5.55. The predicted molar refractivity (Wildman–Crippen MR) is 72.3 cm³/mol. The van der Waals surface area contributed by atoms with Gasteiger partial charge in [0.1, 0.15) is 0 Å². The lowest BCUT2D eigenvalue weighted by Crippen LogP contribution is -2.29. The zero-order chi connectivity index (χ0) is 12.7. The van der Waals surface area contributed by atoms with Crippen LogP contribution in [0.1, 0.15) is 31.4 Å². The number of nitrogens with one attached hydrogen (secondary N) is 1. The Kier molecular flexibility index (Phi) is 6.85. The molecule has 0 aliphatic rings. The Morgan fingerprint density at radius 2 is 2.06 bits per heavy atom. The molecule has 3 N–H and O–H groups in total. The van der Waals surface area contributed by atoms with Crippen LogP contribution >= 0.6 is 23.2 Å². The molecule has 0 saturated heterocycles. The molecular weight excluding hydrogens is 259 g/mol. The zero-order valence-electron chi connectivity index (χ0n) is 9.88. The van der Waals surface area contributed by atoms with E-state index >= 15 is 0 Å². The number of hydrogen-bond donors (Lipinski definition) is 2. The highest BCUT2D eigenvalue weighted by atomic mass is 35.5. The van der Waals surface area contributed by atoms with Crippen LogP contribution in [0.2, 0.25) is 10.0 Å². The normalized spacial score (nSPS) is 12.7. The molecule has 1 unspecified atom stereocenters. The number of ether oxygens (including phenoxy) is 1. The molecule has 96 valence electrons. The average Bonchev–Trinajstić information content (AvgIpc) is 2.33. The summed E-state index contributed by atoms with van der Waals surface area (Å²) in [7, 11) is 0. The molecule has 1 aromatic carbocycles. The van der Waals surface area contributed by atoms with Gasteiger partial charge in [0.05, 0.1) is 10.0 Å². The number of hydrogen-bond acceptors (Lipinski definition) is 3. The van der Waals surface area contributed by atoms with Crippen molar-refractivity contribution in [3.63, 3.8) is 0 Å². The molecule has 0 radical (unpaired) electrons. The first-order chi connectivity index (χ1) is 8.19. The minimum absolute atomic E-state index is 0.0293. The van der Waals surface area contributed by atoms with Crippen molar-refractivity contribution in [2.45, 2.75) is 25.8 Å². The smallest absolute Gasteiger partial charge is 0.0595 e. The molecule has 1 aromatic rings. The van der Waals surface area contributed by atoms with E-state index < -0.39 is 0 Å². The van der Waals surface area contributed by atoms with Gasteiger partial charge in [0.15, 0.2) is 0 Å². The predicted octanol–water partition coefficient (Wildman–Crippen LogP) is 3.31. The van der Waals surface area contributed by atoms with Gasteiger partial charge in [-0.2, -0.15) is 0 Å². The average molecular weight is 277 g/mol. The number of nitrogens with two attached hydrogens (primary N) is 1. The summed E-state index contributed by atoms with van der Waals surface area (Å²) in [6.07, 6.45) is 1.82. The van der Waals surface area contributed by atoms with Crippen molar-refractivity contribution in [1.82, 2.24) is 5.43 Å². The van der Waals surface area contributed by atoms with Gasteiger partial charge in [-0.25, -0.2) is 0 Å². The first-order valence-electron chi connectivity index (χ1n) is 5.67. The standard InChI is InChI=1S/C12H18Cl2N2O/c1-2-6-17-7-5-12(16-15)9-3-4-10(13)11(14)8-9/h3-4,8,12,16H,2,5-7,15H2,1H3. The highest BCUT2D eigenvalue weighted by Gasteiger charge is 2.11. The Labute approximate surface area is 112 Å². The summed E-state index contributed by atoms with van der Waals surface area (Å²) in [4.78, 5) is 0. The fourth-order valence-corrected chi connectivity index (χ4v) is 1.83. The summed E-state index contributed by atoms with van der Waals surface area (Å²) in [5.41, 5.74) is 3.78. The van der Waals surface area contributed by atoms with Crippen molar-refractivity contribution in [2.75, 3.05) is 13.2 Å². The van der Waals surface area contributed by atoms with E-state index in [-0.39, 0.29) is 6.04 Å². The van der Waals surface area contributed by atoms with Crippen LogP contribution < -0.4 is 11.3 Å². The van der Waals surface area contributed by atoms with Crippen LogP contribution in [0.3, 0.4) is 0 Å². The van der Waals surface area contributed by atoms with Crippen LogP contribution in [-0.4, -0.2) is 13.2 Å². The van der Waals surface area contributed by atoms with Crippen molar-refractivity contribution in [3.8, 4) is 0 Å². The molecular formula is C12H18Cl2N2O. The molecule has 0 amide bonds. The second kappa shape index (κ2) is 7.90. The van der Waals surface area contributed by atoms with Crippen molar-refractivity contribution in [3.05, 3.63) is 33.8 Å². The summed E-state index contributed by atoms with van der Waals surface area (Å²) in [6.45, 7) is 3.53. The molecule has 3 nitrogen and oxygen atoms in total. The molecule has 0 bridgehead atoms. The summed E-state index contributed by atoms with van der Waals surface area (Å²) in [5.74, 6) is 5.53. The quantitative estimate of drug-likeness (QED) is 0.456. The SMILES string of the molecule is CCCOCCC(NN)c1ccc(Cl)c(Cl)c1. The van der Waals surface area contributed by atoms with Gasteiger partial charge in [-0.1, -0.05) is 36.2 Å². The maximum atomic E-state index is 5.97. The van der Waals surface area contributed by atoms with Crippen LogP contribution in [0.4, 0.5) is 0 Å². The van der Waals surface area contributed by atoms with E-state index in [9.17, 15) is 0 Å². The van der Waals surface area contributed by atoms with E-state index in [0.29, 0.717) is 16.7 Å². The second-order valence-electron chi connectivity index (χ2n) is 3.79. The molecule has 0 heterocycles. The lowest BCUT2D eigenvalue weighted by atomic mass is 10.1. The van der Waals surface area contributed by atoms with Crippen LogP contribution in [0.15, 0.2) is 18.2 Å². The monoisotopic (exact) mass is 276 g/mol. The lowest BCUT2D eigenvalue weighted by molar-refractivity contribution is 0.124. The van der Waals surface area contributed by atoms with E-state index in [1.807, 2.05) is 12.1 Å².